The molecule has 0 unspecified atom stereocenters. The van der Waals surface area contributed by atoms with Crippen LogP contribution in [0.25, 0.3) is 0 Å². The zero-order chi connectivity index (χ0) is 15.0. The molecule has 3 nitrogen and oxygen atoms in total. The highest BCUT2D eigenvalue weighted by atomic mass is 19.1. The van der Waals surface area contributed by atoms with Crippen LogP contribution in [0.2, 0.25) is 0 Å². The fourth-order valence-electron chi connectivity index (χ4n) is 1.95. The maximum Gasteiger partial charge on any atom is 0.220 e. The third-order valence-electron chi connectivity index (χ3n) is 3.14. The number of carbonyl (C=O) groups is 1. The molecule has 1 aromatic rings. The van der Waals surface area contributed by atoms with Gasteiger partial charge in [-0.1, -0.05) is 19.9 Å². The molecule has 0 bridgehead atoms. The van der Waals surface area contributed by atoms with Gasteiger partial charge in [-0.15, -0.1) is 0 Å². The average molecular weight is 281 g/mol. The molecule has 1 amide bonds. The van der Waals surface area contributed by atoms with Crippen molar-refractivity contribution in [3.05, 3.63) is 29.6 Å². The van der Waals surface area contributed by atoms with Gasteiger partial charge in [0, 0.05) is 13.0 Å². The number of halogens is 1. The van der Waals surface area contributed by atoms with Crippen LogP contribution in [0, 0.1) is 11.7 Å². The van der Waals surface area contributed by atoms with Crippen LogP contribution < -0.4 is 10.1 Å². The van der Waals surface area contributed by atoms with Crippen LogP contribution in [0.5, 0.6) is 5.75 Å². The summed E-state index contributed by atoms with van der Waals surface area (Å²) in [6, 6.07) is 4.80. The van der Waals surface area contributed by atoms with E-state index in [1.54, 1.807) is 12.1 Å². The molecule has 20 heavy (non-hydrogen) atoms. The first kappa shape index (κ1) is 16.5. The van der Waals surface area contributed by atoms with Crippen molar-refractivity contribution in [3.8, 4) is 5.75 Å². The highest BCUT2D eigenvalue weighted by molar-refractivity contribution is 5.76. The molecule has 0 atom stereocenters. The second-order valence-electron chi connectivity index (χ2n) is 5.35. The molecule has 0 aromatic heterocycles. The summed E-state index contributed by atoms with van der Waals surface area (Å²) in [6.07, 6.45) is 3.04. The normalized spacial score (nSPS) is 10.7. The van der Waals surface area contributed by atoms with Gasteiger partial charge in [-0.3, -0.25) is 4.79 Å². The fourth-order valence-corrected chi connectivity index (χ4v) is 1.95. The van der Waals surface area contributed by atoms with Gasteiger partial charge < -0.3 is 10.1 Å². The van der Waals surface area contributed by atoms with Crippen molar-refractivity contribution < 1.29 is 13.9 Å². The van der Waals surface area contributed by atoms with Gasteiger partial charge in [0.25, 0.3) is 0 Å². The predicted octanol–water partition coefficient (Wildman–Crippen LogP) is 3.32. The predicted molar refractivity (Wildman–Crippen MR) is 78.4 cm³/mol. The van der Waals surface area contributed by atoms with Crippen LogP contribution in [-0.4, -0.2) is 19.6 Å². The minimum atomic E-state index is -0.387. The number of ether oxygens (including phenoxy) is 1. The van der Waals surface area contributed by atoms with Crippen molar-refractivity contribution in [1.29, 1.82) is 0 Å². The molecular formula is C16H24FNO2. The van der Waals surface area contributed by atoms with E-state index in [0.29, 0.717) is 25.3 Å². The van der Waals surface area contributed by atoms with Gasteiger partial charge in [0.05, 0.1) is 7.11 Å². The number of hydrogen-bond donors (Lipinski definition) is 1. The Morgan fingerprint density at radius 3 is 2.75 bits per heavy atom. The average Bonchev–Trinajstić information content (AvgIpc) is 2.41. The molecule has 0 fully saturated rings. The van der Waals surface area contributed by atoms with Crippen LogP contribution in [-0.2, 0) is 11.2 Å². The number of amides is 1. The SMILES string of the molecule is COc1ccc(CCC(=O)NCCCC(C)C)cc1F. The molecule has 1 rings (SSSR count). The summed E-state index contributed by atoms with van der Waals surface area (Å²) in [5.74, 6) is 0.522. The van der Waals surface area contributed by atoms with E-state index in [2.05, 4.69) is 19.2 Å². The number of aryl methyl sites for hydroxylation is 1. The summed E-state index contributed by atoms with van der Waals surface area (Å²) < 4.78 is 18.3. The van der Waals surface area contributed by atoms with E-state index in [0.717, 1.165) is 18.4 Å². The standard InChI is InChI=1S/C16H24FNO2/c1-12(2)5-4-10-18-16(19)9-7-13-6-8-15(20-3)14(17)11-13/h6,8,11-12H,4-5,7,9-10H2,1-3H3,(H,18,19). The van der Waals surface area contributed by atoms with E-state index in [1.165, 1.54) is 13.2 Å². The third kappa shape index (κ3) is 6.04. The minimum Gasteiger partial charge on any atom is -0.494 e. The quantitative estimate of drug-likeness (QED) is 0.742. The van der Waals surface area contributed by atoms with Crippen molar-refractivity contribution in [1.82, 2.24) is 5.32 Å². The largest absolute Gasteiger partial charge is 0.494 e. The maximum atomic E-state index is 13.5. The summed E-state index contributed by atoms with van der Waals surface area (Å²) in [4.78, 5) is 11.6. The number of methoxy groups -OCH3 is 1. The topological polar surface area (TPSA) is 38.3 Å². The number of hydrogen-bond acceptors (Lipinski definition) is 2. The number of nitrogens with one attached hydrogen (secondary N) is 1. The van der Waals surface area contributed by atoms with Gasteiger partial charge >= 0.3 is 0 Å². The van der Waals surface area contributed by atoms with E-state index in [9.17, 15) is 9.18 Å². The molecule has 0 aliphatic heterocycles. The lowest BCUT2D eigenvalue weighted by Gasteiger charge is -2.07. The number of rotatable bonds is 8. The van der Waals surface area contributed by atoms with Gasteiger partial charge in [0.15, 0.2) is 11.6 Å². The fraction of sp³-hybridized carbons (Fsp3) is 0.562. The highest BCUT2D eigenvalue weighted by Crippen LogP contribution is 2.18. The van der Waals surface area contributed by atoms with Crippen molar-refractivity contribution in [3.63, 3.8) is 0 Å². The molecule has 1 N–H and O–H groups in total. The monoisotopic (exact) mass is 281 g/mol. The lowest BCUT2D eigenvalue weighted by Crippen LogP contribution is -2.24. The molecule has 0 aliphatic carbocycles. The highest BCUT2D eigenvalue weighted by Gasteiger charge is 2.06. The maximum absolute atomic E-state index is 13.5. The van der Waals surface area contributed by atoms with Crippen LogP contribution >= 0.6 is 0 Å². The Kier molecular flexibility index (Phi) is 7.05. The second kappa shape index (κ2) is 8.56. The summed E-state index contributed by atoms with van der Waals surface area (Å²) in [5.41, 5.74) is 0.806. The van der Waals surface area contributed by atoms with Crippen molar-refractivity contribution in [2.45, 2.75) is 39.5 Å². The Bertz CT molecular complexity index is 432. The molecule has 112 valence electrons. The number of benzene rings is 1. The Balaban J connectivity index is 2.28. The first-order chi connectivity index (χ1) is 9.52. The minimum absolute atomic E-state index is 0.0185. The van der Waals surface area contributed by atoms with Gasteiger partial charge in [-0.2, -0.15) is 0 Å². The summed E-state index contributed by atoms with van der Waals surface area (Å²) in [7, 11) is 1.43. The van der Waals surface area contributed by atoms with E-state index >= 15 is 0 Å². The molecule has 0 heterocycles. The van der Waals surface area contributed by atoms with E-state index in [4.69, 9.17) is 4.74 Å². The van der Waals surface area contributed by atoms with Crippen molar-refractivity contribution in [2.24, 2.45) is 5.92 Å². The third-order valence-corrected chi connectivity index (χ3v) is 3.14. The Hall–Kier alpha value is -1.58. The van der Waals surface area contributed by atoms with Crippen molar-refractivity contribution >= 4 is 5.91 Å². The molecular weight excluding hydrogens is 257 g/mol. The molecule has 0 aliphatic rings. The lowest BCUT2D eigenvalue weighted by molar-refractivity contribution is -0.121. The van der Waals surface area contributed by atoms with Crippen molar-refractivity contribution in [2.75, 3.05) is 13.7 Å². The van der Waals surface area contributed by atoms with Gasteiger partial charge in [0.1, 0.15) is 0 Å². The first-order valence-corrected chi connectivity index (χ1v) is 7.12. The Labute approximate surface area is 120 Å². The number of carbonyl (C=O) groups excluding carboxylic acids is 1. The molecule has 0 saturated heterocycles. The van der Waals surface area contributed by atoms with Crippen LogP contribution in [0.15, 0.2) is 18.2 Å². The van der Waals surface area contributed by atoms with Crippen LogP contribution in [0.4, 0.5) is 4.39 Å². The molecule has 0 radical (unpaired) electrons. The smallest absolute Gasteiger partial charge is 0.220 e. The van der Waals surface area contributed by atoms with Gasteiger partial charge in [-0.25, -0.2) is 4.39 Å². The Morgan fingerprint density at radius 1 is 1.40 bits per heavy atom. The van der Waals surface area contributed by atoms with Crippen LogP contribution in [0.3, 0.4) is 0 Å². The van der Waals surface area contributed by atoms with E-state index in [-0.39, 0.29) is 17.5 Å². The summed E-state index contributed by atoms with van der Waals surface area (Å²) in [6.45, 7) is 5.05. The first-order valence-electron chi connectivity index (χ1n) is 7.12. The molecule has 0 saturated carbocycles. The summed E-state index contributed by atoms with van der Waals surface area (Å²) in [5, 5.41) is 2.89. The zero-order valence-corrected chi connectivity index (χ0v) is 12.5. The van der Waals surface area contributed by atoms with Gasteiger partial charge in [-0.05, 0) is 42.9 Å². The molecule has 1 aromatic carbocycles. The van der Waals surface area contributed by atoms with Crippen LogP contribution in [0.1, 0.15) is 38.7 Å². The van der Waals surface area contributed by atoms with E-state index < -0.39 is 0 Å². The summed E-state index contributed by atoms with van der Waals surface area (Å²) >= 11 is 0. The lowest BCUT2D eigenvalue weighted by atomic mass is 10.1. The molecule has 0 spiro atoms. The second-order valence-corrected chi connectivity index (χ2v) is 5.35. The zero-order valence-electron chi connectivity index (χ0n) is 12.5. The van der Waals surface area contributed by atoms with E-state index in [1.807, 2.05) is 0 Å². The Morgan fingerprint density at radius 2 is 2.15 bits per heavy atom. The molecule has 4 heteroatoms. The van der Waals surface area contributed by atoms with Gasteiger partial charge in [0.2, 0.25) is 5.91 Å².